The van der Waals surface area contributed by atoms with Gasteiger partial charge < -0.3 is 14.9 Å². The molecule has 2 rings (SSSR count). The van der Waals surface area contributed by atoms with Gasteiger partial charge in [0.1, 0.15) is 0 Å². The first kappa shape index (κ1) is 13.9. The van der Waals surface area contributed by atoms with E-state index in [2.05, 4.69) is 9.72 Å². The van der Waals surface area contributed by atoms with Gasteiger partial charge in [0.05, 0.1) is 12.2 Å². The Morgan fingerprint density at radius 3 is 2.70 bits per heavy atom. The van der Waals surface area contributed by atoms with Gasteiger partial charge in [0.2, 0.25) is 17.5 Å². The molecular formula is C12H9F3N2O3. The molecule has 0 unspecified atom stereocenters. The van der Waals surface area contributed by atoms with Crippen molar-refractivity contribution in [3.05, 3.63) is 35.3 Å². The fourth-order valence-electron chi connectivity index (χ4n) is 1.48. The lowest BCUT2D eigenvalue weighted by atomic mass is 10.2. The van der Waals surface area contributed by atoms with Crippen molar-refractivity contribution in [2.24, 2.45) is 0 Å². The molecule has 2 aromatic rings. The Hall–Kier alpha value is -2.51. The van der Waals surface area contributed by atoms with Crippen molar-refractivity contribution in [1.82, 2.24) is 4.98 Å². The Labute approximate surface area is 111 Å². The molecule has 8 heteroatoms. The molecule has 5 nitrogen and oxygen atoms in total. The summed E-state index contributed by atoms with van der Waals surface area (Å²) in [6, 6.07) is 1.63. The summed E-state index contributed by atoms with van der Waals surface area (Å²) in [6.07, 6.45) is 0. The van der Waals surface area contributed by atoms with Crippen LogP contribution in [0.15, 0.2) is 16.5 Å². The normalized spacial score (nSPS) is 10.6. The topological polar surface area (TPSA) is 78.3 Å². The Morgan fingerprint density at radius 2 is 2.05 bits per heavy atom. The van der Waals surface area contributed by atoms with Gasteiger partial charge in [-0.1, -0.05) is 0 Å². The minimum atomic E-state index is -1.67. The van der Waals surface area contributed by atoms with Gasteiger partial charge in [0.15, 0.2) is 17.5 Å². The minimum Gasteiger partial charge on any atom is -0.461 e. The van der Waals surface area contributed by atoms with E-state index in [0.717, 1.165) is 6.07 Å². The largest absolute Gasteiger partial charge is 0.461 e. The first-order valence-electron chi connectivity index (χ1n) is 5.53. The highest BCUT2D eigenvalue weighted by Gasteiger charge is 2.23. The van der Waals surface area contributed by atoms with Crippen LogP contribution in [0.4, 0.5) is 19.1 Å². The van der Waals surface area contributed by atoms with E-state index in [-0.39, 0.29) is 12.3 Å². The van der Waals surface area contributed by atoms with Crippen LogP contribution in [0, 0.1) is 17.5 Å². The zero-order valence-electron chi connectivity index (χ0n) is 10.2. The third kappa shape index (κ3) is 2.31. The molecule has 0 bridgehead atoms. The molecular weight excluding hydrogens is 277 g/mol. The van der Waals surface area contributed by atoms with Gasteiger partial charge >= 0.3 is 5.97 Å². The molecule has 0 fully saturated rings. The number of ether oxygens (including phenoxy) is 1. The summed E-state index contributed by atoms with van der Waals surface area (Å²) in [5, 5.41) is 0. The van der Waals surface area contributed by atoms with Crippen LogP contribution in [0.25, 0.3) is 11.5 Å². The number of anilines is 1. The molecule has 0 aliphatic carbocycles. The quantitative estimate of drug-likeness (QED) is 0.693. The standard InChI is InChI=1S/C12H9F3N2O3/c1-2-19-12(18)9-10(16)20-11(17-9)5-3-4-6(13)8(15)7(5)14/h3-4H,2,16H2,1H3. The van der Waals surface area contributed by atoms with Crippen molar-refractivity contribution < 1.29 is 27.1 Å². The number of nitrogen functional groups attached to an aromatic ring is 1. The number of nitrogens with zero attached hydrogens (tertiary/aromatic N) is 1. The summed E-state index contributed by atoms with van der Waals surface area (Å²) in [5.74, 6) is -6.21. The molecule has 0 amide bonds. The lowest BCUT2D eigenvalue weighted by Crippen LogP contribution is -2.07. The van der Waals surface area contributed by atoms with Crippen molar-refractivity contribution in [2.75, 3.05) is 12.3 Å². The molecule has 0 aliphatic heterocycles. The average Bonchev–Trinajstić information content (AvgIpc) is 2.78. The predicted molar refractivity (Wildman–Crippen MR) is 62.2 cm³/mol. The van der Waals surface area contributed by atoms with E-state index in [9.17, 15) is 18.0 Å². The zero-order valence-corrected chi connectivity index (χ0v) is 10.2. The molecule has 106 valence electrons. The van der Waals surface area contributed by atoms with Crippen molar-refractivity contribution >= 4 is 11.9 Å². The number of halogens is 3. The first-order chi connectivity index (χ1) is 9.45. The predicted octanol–water partition coefficient (Wildman–Crippen LogP) is 2.52. The van der Waals surface area contributed by atoms with E-state index in [4.69, 9.17) is 10.2 Å². The lowest BCUT2D eigenvalue weighted by Gasteiger charge is -1.99. The van der Waals surface area contributed by atoms with Crippen LogP contribution in [0.2, 0.25) is 0 Å². The maximum Gasteiger partial charge on any atom is 0.362 e. The number of carbonyl (C=O) groups excluding carboxylic acids is 1. The van der Waals surface area contributed by atoms with Gasteiger partial charge in [-0.05, 0) is 19.1 Å². The molecule has 0 saturated carbocycles. The van der Waals surface area contributed by atoms with Gasteiger partial charge in [-0.25, -0.2) is 18.0 Å². The molecule has 0 aliphatic rings. The zero-order chi connectivity index (χ0) is 14.9. The minimum absolute atomic E-state index is 0.0833. The number of rotatable bonds is 3. The molecule has 0 radical (unpaired) electrons. The van der Waals surface area contributed by atoms with Gasteiger partial charge in [0, 0.05) is 0 Å². The molecule has 1 aromatic heterocycles. The van der Waals surface area contributed by atoms with Gasteiger partial charge in [-0.2, -0.15) is 4.98 Å². The molecule has 2 N–H and O–H groups in total. The van der Waals surface area contributed by atoms with Crippen molar-refractivity contribution in [3.63, 3.8) is 0 Å². The number of nitrogens with two attached hydrogens (primary N) is 1. The maximum absolute atomic E-state index is 13.6. The maximum atomic E-state index is 13.6. The summed E-state index contributed by atoms with van der Waals surface area (Å²) in [6.45, 7) is 1.66. The fourth-order valence-corrected chi connectivity index (χ4v) is 1.48. The smallest absolute Gasteiger partial charge is 0.362 e. The first-order valence-corrected chi connectivity index (χ1v) is 5.53. The third-order valence-corrected chi connectivity index (χ3v) is 2.39. The van der Waals surface area contributed by atoms with Crippen LogP contribution in [0.5, 0.6) is 0 Å². The van der Waals surface area contributed by atoms with Crippen molar-refractivity contribution in [3.8, 4) is 11.5 Å². The van der Waals surface area contributed by atoms with Crippen LogP contribution >= 0.6 is 0 Å². The molecule has 0 saturated heterocycles. The van der Waals surface area contributed by atoms with Crippen LogP contribution in [-0.2, 0) is 4.74 Å². The Kier molecular flexibility index (Phi) is 3.64. The van der Waals surface area contributed by atoms with Gasteiger partial charge in [-0.3, -0.25) is 0 Å². The van der Waals surface area contributed by atoms with Crippen molar-refractivity contribution in [2.45, 2.75) is 6.92 Å². The molecule has 20 heavy (non-hydrogen) atoms. The second-order valence-corrected chi connectivity index (χ2v) is 3.68. The molecule has 1 heterocycles. The number of hydrogen-bond donors (Lipinski definition) is 1. The second-order valence-electron chi connectivity index (χ2n) is 3.68. The Balaban J connectivity index is 2.48. The molecule has 0 spiro atoms. The Bertz CT molecular complexity index is 670. The molecule has 1 aromatic carbocycles. The average molecular weight is 286 g/mol. The highest BCUT2D eigenvalue weighted by molar-refractivity contribution is 5.92. The number of carbonyl (C=O) groups is 1. The van der Waals surface area contributed by atoms with E-state index in [0.29, 0.717) is 6.07 Å². The Morgan fingerprint density at radius 1 is 1.35 bits per heavy atom. The van der Waals surface area contributed by atoms with Crippen LogP contribution in [0.1, 0.15) is 17.4 Å². The summed E-state index contributed by atoms with van der Waals surface area (Å²) < 4.78 is 49.1. The summed E-state index contributed by atoms with van der Waals surface area (Å²) in [5.41, 5.74) is 4.60. The van der Waals surface area contributed by atoms with E-state index in [1.807, 2.05) is 0 Å². The van der Waals surface area contributed by atoms with Gasteiger partial charge in [0.25, 0.3) is 0 Å². The van der Waals surface area contributed by atoms with Crippen molar-refractivity contribution in [1.29, 1.82) is 0 Å². The summed E-state index contributed by atoms with van der Waals surface area (Å²) in [4.78, 5) is 15.1. The second kappa shape index (κ2) is 5.24. The highest BCUT2D eigenvalue weighted by Crippen LogP contribution is 2.28. The monoisotopic (exact) mass is 286 g/mol. The third-order valence-electron chi connectivity index (χ3n) is 2.39. The number of oxazole rings is 1. The number of hydrogen-bond acceptors (Lipinski definition) is 5. The highest BCUT2D eigenvalue weighted by atomic mass is 19.2. The fraction of sp³-hybridized carbons (Fsp3) is 0.167. The lowest BCUT2D eigenvalue weighted by molar-refractivity contribution is 0.0521. The number of aromatic nitrogens is 1. The number of esters is 1. The number of benzene rings is 1. The van der Waals surface area contributed by atoms with Gasteiger partial charge in [-0.15, -0.1) is 0 Å². The summed E-state index contributed by atoms with van der Waals surface area (Å²) >= 11 is 0. The SMILES string of the molecule is CCOC(=O)c1nc(-c2ccc(F)c(F)c2F)oc1N. The van der Waals surface area contributed by atoms with Crippen LogP contribution in [0.3, 0.4) is 0 Å². The van der Waals surface area contributed by atoms with E-state index < -0.39 is 40.8 Å². The van der Waals surface area contributed by atoms with Crippen LogP contribution in [-0.4, -0.2) is 17.6 Å². The molecule has 0 atom stereocenters. The summed E-state index contributed by atoms with van der Waals surface area (Å²) in [7, 11) is 0. The van der Waals surface area contributed by atoms with E-state index in [1.54, 1.807) is 6.92 Å². The van der Waals surface area contributed by atoms with E-state index >= 15 is 0 Å². The van der Waals surface area contributed by atoms with E-state index in [1.165, 1.54) is 0 Å². The van der Waals surface area contributed by atoms with Crippen LogP contribution < -0.4 is 5.73 Å².